The van der Waals surface area contributed by atoms with E-state index in [2.05, 4.69) is 41.4 Å². The third-order valence-corrected chi connectivity index (χ3v) is 3.54. The molecule has 1 aromatic rings. The van der Waals surface area contributed by atoms with Crippen molar-refractivity contribution in [2.45, 2.75) is 53.7 Å². The van der Waals surface area contributed by atoms with Gasteiger partial charge in [0.05, 0.1) is 18.3 Å². The lowest BCUT2D eigenvalue weighted by molar-refractivity contribution is 0.0258. The Morgan fingerprint density at radius 3 is 2.58 bits per heavy atom. The van der Waals surface area contributed by atoms with Gasteiger partial charge < -0.3 is 15.4 Å². The van der Waals surface area contributed by atoms with Gasteiger partial charge in [-0.25, -0.2) is 4.99 Å². The topological polar surface area (TPSA) is 58.5 Å². The summed E-state index contributed by atoms with van der Waals surface area (Å²) in [5.74, 6) is 1.35. The molecule has 1 rings (SSSR count). The van der Waals surface area contributed by atoms with E-state index < -0.39 is 0 Å². The Morgan fingerprint density at radius 1 is 1.25 bits per heavy atom. The van der Waals surface area contributed by atoms with Gasteiger partial charge in [-0.3, -0.25) is 4.98 Å². The summed E-state index contributed by atoms with van der Waals surface area (Å²) in [5, 5.41) is 6.65. The van der Waals surface area contributed by atoms with Gasteiger partial charge in [0.25, 0.3) is 0 Å². The highest BCUT2D eigenvalue weighted by Gasteiger charge is 2.12. The van der Waals surface area contributed by atoms with E-state index in [9.17, 15) is 0 Å². The van der Waals surface area contributed by atoms with E-state index in [-0.39, 0.29) is 30.1 Å². The van der Waals surface area contributed by atoms with Gasteiger partial charge in [-0.15, -0.1) is 24.0 Å². The van der Waals surface area contributed by atoms with Crippen LogP contribution in [0.5, 0.6) is 0 Å². The predicted molar refractivity (Wildman–Crippen MR) is 112 cm³/mol. The van der Waals surface area contributed by atoms with Gasteiger partial charge in [-0.05, 0) is 45.2 Å². The van der Waals surface area contributed by atoms with Crippen LogP contribution in [0.25, 0.3) is 0 Å². The molecule has 5 nitrogen and oxygen atoms in total. The van der Waals surface area contributed by atoms with Crippen molar-refractivity contribution in [3.8, 4) is 0 Å². The molecule has 0 amide bonds. The van der Waals surface area contributed by atoms with E-state index in [1.54, 1.807) is 0 Å². The molecule has 0 aliphatic heterocycles. The smallest absolute Gasteiger partial charge is 0.191 e. The Balaban J connectivity index is 0.00000529. The van der Waals surface area contributed by atoms with Crippen LogP contribution in [-0.2, 0) is 11.3 Å². The monoisotopic (exact) mass is 448 g/mol. The highest BCUT2D eigenvalue weighted by Crippen LogP contribution is 2.09. The van der Waals surface area contributed by atoms with Crippen molar-refractivity contribution in [3.05, 3.63) is 29.6 Å². The Bertz CT molecular complexity index is 480. The number of ether oxygens (including phenoxy) is 1. The maximum Gasteiger partial charge on any atom is 0.191 e. The van der Waals surface area contributed by atoms with E-state index >= 15 is 0 Å². The van der Waals surface area contributed by atoms with Crippen molar-refractivity contribution in [1.29, 1.82) is 0 Å². The lowest BCUT2D eigenvalue weighted by atomic mass is 10.0. The first-order valence-corrected chi connectivity index (χ1v) is 8.63. The minimum Gasteiger partial charge on any atom is -0.378 e. The maximum absolute atomic E-state index is 5.78. The van der Waals surface area contributed by atoms with Crippen LogP contribution in [0.15, 0.2) is 23.2 Å². The van der Waals surface area contributed by atoms with Crippen LogP contribution < -0.4 is 10.6 Å². The van der Waals surface area contributed by atoms with Gasteiger partial charge >= 0.3 is 0 Å². The van der Waals surface area contributed by atoms with Crippen molar-refractivity contribution < 1.29 is 4.74 Å². The Labute approximate surface area is 164 Å². The maximum atomic E-state index is 5.78. The third kappa shape index (κ3) is 9.42. The summed E-state index contributed by atoms with van der Waals surface area (Å²) in [6.45, 7) is 13.5. The molecule has 2 N–H and O–H groups in total. The molecule has 1 heterocycles. The number of aryl methyl sites for hydroxylation is 1. The van der Waals surface area contributed by atoms with Crippen LogP contribution in [0, 0.1) is 12.8 Å². The molecule has 138 valence electrons. The fraction of sp³-hybridized carbons (Fsp3) is 0.667. The molecular formula is C18H33IN4O. The number of nitrogens with one attached hydrogen (secondary N) is 2. The van der Waals surface area contributed by atoms with Crippen molar-refractivity contribution in [2.24, 2.45) is 10.9 Å². The number of rotatable bonds is 9. The van der Waals surface area contributed by atoms with Gasteiger partial charge in [0.15, 0.2) is 5.96 Å². The minimum absolute atomic E-state index is 0. The molecular weight excluding hydrogens is 415 g/mol. The molecule has 24 heavy (non-hydrogen) atoms. The largest absolute Gasteiger partial charge is 0.378 e. The van der Waals surface area contributed by atoms with E-state index in [1.165, 1.54) is 0 Å². The van der Waals surface area contributed by atoms with Gasteiger partial charge in [0.2, 0.25) is 0 Å². The van der Waals surface area contributed by atoms with Crippen LogP contribution in [0.2, 0.25) is 0 Å². The zero-order chi connectivity index (χ0) is 17.1. The molecule has 0 bridgehead atoms. The predicted octanol–water partition coefficient (Wildman–Crippen LogP) is 3.51. The molecule has 0 radical (unpaired) electrons. The Hall–Kier alpha value is -0.890. The molecule has 0 aromatic carbocycles. The lowest BCUT2D eigenvalue weighted by Gasteiger charge is -2.21. The second-order valence-electron chi connectivity index (χ2n) is 5.92. The zero-order valence-corrected chi connectivity index (χ0v) is 18.0. The average molecular weight is 448 g/mol. The number of guanidine groups is 1. The van der Waals surface area contributed by atoms with E-state index in [1.807, 2.05) is 32.0 Å². The molecule has 0 aliphatic carbocycles. The van der Waals surface area contributed by atoms with Crippen LogP contribution in [0.3, 0.4) is 0 Å². The Kier molecular flexibility index (Phi) is 12.9. The van der Waals surface area contributed by atoms with Crippen LogP contribution in [0.1, 0.15) is 45.5 Å². The fourth-order valence-corrected chi connectivity index (χ4v) is 2.35. The first-order chi connectivity index (χ1) is 11.1. The fourth-order valence-electron chi connectivity index (χ4n) is 2.35. The van der Waals surface area contributed by atoms with Crippen molar-refractivity contribution >= 4 is 29.9 Å². The highest BCUT2D eigenvalue weighted by atomic mass is 127. The molecule has 1 unspecified atom stereocenters. The summed E-state index contributed by atoms with van der Waals surface area (Å²) in [5.41, 5.74) is 2.00. The highest BCUT2D eigenvalue weighted by molar-refractivity contribution is 14.0. The number of hydrogen-bond donors (Lipinski definition) is 2. The number of halogens is 1. The van der Waals surface area contributed by atoms with Crippen molar-refractivity contribution in [2.75, 3.05) is 19.7 Å². The second-order valence-corrected chi connectivity index (χ2v) is 5.92. The van der Waals surface area contributed by atoms with E-state index in [0.717, 1.165) is 43.5 Å². The number of aliphatic imine (C=N–C) groups is 1. The standard InChI is InChI=1S/C18H32N4O.HI/c1-6-19-18(20-12-11-17(14(3)4)23-7-2)21-13-16-10-8-9-15(5)22-16;/h8-10,14,17H,6-7,11-13H2,1-5H3,(H2,19,20,21);1H. The first-order valence-electron chi connectivity index (χ1n) is 8.63. The molecule has 0 saturated carbocycles. The molecule has 0 aliphatic rings. The number of nitrogens with zero attached hydrogens (tertiary/aromatic N) is 2. The third-order valence-electron chi connectivity index (χ3n) is 3.54. The van der Waals surface area contributed by atoms with Crippen molar-refractivity contribution in [3.63, 3.8) is 0 Å². The van der Waals surface area contributed by atoms with Crippen LogP contribution in [-0.4, -0.2) is 36.7 Å². The lowest BCUT2D eigenvalue weighted by Crippen LogP contribution is -2.39. The van der Waals surface area contributed by atoms with E-state index in [0.29, 0.717) is 12.5 Å². The second kappa shape index (κ2) is 13.4. The van der Waals surface area contributed by atoms with Crippen molar-refractivity contribution in [1.82, 2.24) is 15.6 Å². The Morgan fingerprint density at radius 2 is 2.00 bits per heavy atom. The van der Waals surface area contributed by atoms with Crippen LogP contribution in [0.4, 0.5) is 0 Å². The number of aromatic nitrogens is 1. The SMILES string of the molecule is CCNC(=NCc1cccc(C)n1)NCCC(OCC)C(C)C.I. The summed E-state index contributed by atoms with van der Waals surface area (Å²) >= 11 is 0. The number of pyridine rings is 1. The summed E-state index contributed by atoms with van der Waals surface area (Å²) in [7, 11) is 0. The zero-order valence-electron chi connectivity index (χ0n) is 15.6. The van der Waals surface area contributed by atoms with Gasteiger partial charge in [-0.1, -0.05) is 19.9 Å². The summed E-state index contributed by atoms with van der Waals surface area (Å²) < 4.78 is 5.78. The molecule has 0 fully saturated rings. The van der Waals surface area contributed by atoms with E-state index in [4.69, 9.17) is 4.74 Å². The molecule has 6 heteroatoms. The van der Waals surface area contributed by atoms with Gasteiger partial charge in [0.1, 0.15) is 0 Å². The summed E-state index contributed by atoms with van der Waals surface area (Å²) in [6, 6.07) is 6.02. The van der Waals surface area contributed by atoms with Gasteiger partial charge in [0, 0.05) is 25.4 Å². The van der Waals surface area contributed by atoms with Crippen LogP contribution >= 0.6 is 24.0 Å². The molecule has 1 aromatic heterocycles. The number of hydrogen-bond acceptors (Lipinski definition) is 3. The summed E-state index contributed by atoms with van der Waals surface area (Å²) in [6.07, 6.45) is 1.26. The quantitative estimate of drug-likeness (QED) is 0.345. The molecule has 1 atom stereocenters. The first kappa shape index (κ1) is 23.1. The normalized spacial score (nSPS) is 12.7. The van der Waals surface area contributed by atoms with Gasteiger partial charge in [-0.2, -0.15) is 0 Å². The molecule has 0 saturated heterocycles. The average Bonchev–Trinajstić information content (AvgIpc) is 2.51. The minimum atomic E-state index is 0. The molecule has 0 spiro atoms. The summed E-state index contributed by atoms with van der Waals surface area (Å²) in [4.78, 5) is 9.08.